The number of halogens is 1. The van der Waals surface area contributed by atoms with Crippen LogP contribution in [0.15, 0.2) is 4.99 Å². The number of carbonyl (C=O) groups excluding carboxylic acids is 1. The van der Waals surface area contributed by atoms with E-state index in [0.29, 0.717) is 13.0 Å². The molecule has 3 N–H and O–H groups in total. The van der Waals surface area contributed by atoms with Crippen LogP contribution in [0.5, 0.6) is 0 Å². The summed E-state index contributed by atoms with van der Waals surface area (Å²) >= 11 is 0. The molecule has 0 aromatic heterocycles. The molecule has 176 valence electrons. The Hall–Kier alpha value is -0.620. The molecule has 1 atom stereocenters. The summed E-state index contributed by atoms with van der Waals surface area (Å²) in [4.78, 5) is 16.9. The van der Waals surface area contributed by atoms with Gasteiger partial charge in [0.1, 0.15) is 0 Å². The van der Waals surface area contributed by atoms with Gasteiger partial charge in [0.15, 0.2) is 15.8 Å². The minimum Gasteiger partial charge on any atom is -0.382 e. The van der Waals surface area contributed by atoms with Gasteiger partial charge in [-0.2, -0.15) is 0 Å². The number of ether oxygens (including phenoxy) is 1. The van der Waals surface area contributed by atoms with Crippen LogP contribution < -0.4 is 16.0 Å². The Kier molecular flexibility index (Phi) is 12.5. The highest BCUT2D eigenvalue weighted by atomic mass is 127. The van der Waals surface area contributed by atoms with Crippen molar-refractivity contribution >= 4 is 45.7 Å². The van der Waals surface area contributed by atoms with E-state index in [1.807, 2.05) is 13.8 Å². The third-order valence-corrected chi connectivity index (χ3v) is 7.57. The Morgan fingerprint density at radius 1 is 1.20 bits per heavy atom. The first-order valence-electron chi connectivity index (χ1n) is 11.0. The minimum atomic E-state index is -2.98. The maximum Gasteiger partial charge on any atom is 0.222 e. The van der Waals surface area contributed by atoms with Crippen LogP contribution >= 0.6 is 24.0 Å². The third kappa shape index (κ3) is 9.67. The van der Waals surface area contributed by atoms with Gasteiger partial charge < -0.3 is 20.7 Å². The highest BCUT2D eigenvalue weighted by Gasteiger charge is 2.33. The van der Waals surface area contributed by atoms with Crippen molar-refractivity contribution in [2.45, 2.75) is 64.8 Å². The monoisotopic (exact) mass is 558 g/mol. The van der Waals surface area contributed by atoms with Gasteiger partial charge in [0.2, 0.25) is 5.91 Å². The lowest BCUT2D eigenvalue weighted by atomic mass is 9.83. The second kappa shape index (κ2) is 13.7. The molecule has 30 heavy (non-hydrogen) atoms. The fourth-order valence-electron chi connectivity index (χ4n) is 4.14. The Bertz CT molecular complexity index is 651. The summed E-state index contributed by atoms with van der Waals surface area (Å²) in [5.41, 5.74) is 0.225. The number of hydrogen-bond donors (Lipinski definition) is 3. The van der Waals surface area contributed by atoms with Gasteiger partial charge in [-0.05, 0) is 44.9 Å². The summed E-state index contributed by atoms with van der Waals surface area (Å²) < 4.78 is 28.6. The molecule has 10 heteroatoms. The van der Waals surface area contributed by atoms with Crippen LogP contribution in [-0.2, 0) is 19.4 Å². The number of carbonyl (C=O) groups is 1. The number of hydrogen-bond acceptors (Lipinski definition) is 5. The third-order valence-electron chi connectivity index (χ3n) is 5.80. The summed E-state index contributed by atoms with van der Waals surface area (Å²) in [7, 11) is -2.98. The van der Waals surface area contributed by atoms with E-state index in [9.17, 15) is 13.2 Å². The molecule has 0 bridgehead atoms. The van der Waals surface area contributed by atoms with Crippen molar-refractivity contribution in [2.75, 3.05) is 44.4 Å². The van der Waals surface area contributed by atoms with Gasteiger partial charge >= 0.3 is 0 Å². The molecule has 1 unspecified atom stereocenters. The lowest BCUT2D eigenvalue weighted by Gasteiger charge is -2.27. The van der Waals surface area contributed by atoms with Gasteiger partial charge in [0, 0.05) is 45.3 Å². The lowest BCUT2D eigenvalue weighted by molar-refractivity contribution is -0.121. The van der Waals surface area contributed by atoms with Crippen LogP contribution in [0.3, 0.4) is 0 Å². The molecule has 0 aromatic carbocycles. The Balaban J connectivity index is 0.00000450. The molecule has 2 fully saturated rings. The molecule has 2 aliphatic rings. The number of sulfone groups is 1. The van der Waals surface area contributed by atoms with E-state index in [1.54, 1.807) is 0 Å². The molecule has 1 aliphatic carbocycles. The van der Waals surface area contributed by atoms with Gasteiger partial charge in [-0.15, -0.1) is 24.0 Å². The standard InChI is InChI=1S/C20H38N4O4S.HI/c1-3-21-19(23-16-20(9-5-6-10-20)11-13-28-4-2)22-12-7-18(25)24-17-8-14-29(26,27)15-17;/h17H,3-16H2,1-2H3,(H,24,25)(H2,21,22,23);1H. The van der Waals surface area contributed by atoms with E-state index < -0.39 is 9.84 Å². The molecule has 1 heterocycles. The minimum absolute atomic E-state index is 0. The molecule has 0 spiro atoms. The van der Waals surface area contributed by atoms with Gasteiger partial charge in [-0.1, -0.05) is 12.8 Å². The lowest BCUT2D eigenvalue weighted by Crippen LogP contribution is -2.41. The zero-order valence-electron chi connectivity index (χ0n) is 18.4. The van der Waals surface area contributed by atoms with E-state index in [1.165, 1.54) is 25.7 Å². The molecule has 1 saturated carbocycles. The van der Waals surface area contributed by atoms with E-state index in [-0.39, 0.29) is 59.3 Å². The second-order valence-corrected chi connectivity index (χ2v) is 10.4. The van der Waals surface area contributed by atoms with Crippen molar-refractivity contribution in [3.63, 3.8) is 0 Å². The molecule has 0 radical (unpaired) electrons. The van der Waals surface area contributed by atoms with Crippen LogP contribution in [0, 0.1) is 5.41 Å². The Morgan fingerprint density at radius 2 is 1.93 bits per heavy atom. The first-order valence-corrected chi connectivity index (χ1v) is 12.8. The van der Waals surface area contributed by atoms with Gasteiger partial charge in [-0.25, -0.2) is 8.42 Å². The number of nitrogens with one attached hydrogen (secondary N) is 3. The topological polar surface area (TPSA) is 109 Å². The summed E-state index contributed by atoms with van der Waals surface area (Å²) in [6.45, 7) is 7.55. The SMILES string of the molecule is CCNC(=NCC1(CCOCC)CCCC1)NCCC(=O)NC1CCS(=O)(=O)C1.I. The number of aliphatic imine (C=N–C) groups is 1. The summed E-state index contributed by atoms with van der Waals surface area (Å²) in [6.07, 6.45) is 6.72. The highest BCUT2D eigenvalue weighted by Crippen LogP contribution is 2.41. The zero-order valence-corrected chi connectivity index (χ0v) is 21.5. The van der Waals surface area contributed by atoms with Gasteiger partial charge in [0.25, 0.3) is 0 Å². The first kappa shape index (κ1) is 27.4. The van der Waals surface area contributed by atoms with E-state index in [4.69, 9.17) is 9.73 Å². The summed E-state index contributed by atoms with van der Waals surface area (Å²) in [5, 5.41) is 9.29. The van der Waals surface area contributed by atoms with E-state index in [2.05, 4.69) is 16.0 Å². The van der Waals surface area contributed by atoms with E-state index >= 15 is 0 Å². The molecule has 2 rings (SSSR count). The summed E-state index contributed by atoms with van der Waals surface area (Å²) in [6, 6.07) is -0.248. The highest BCUT2D eigenvalue weighted by molar-refractivity contribution is 14.0. The summed E-state index contributed by atoms with van der Waals surface area (Å²) in [5.74, 6) is 0.823. The first-order chi connectivity index (χ1) is 13.9. The predicted molar refractivity (Wildman–Crippen MR) is 131 cm³/mol. The van der Waals surface area contributed by atoms with Crippen LogP contribution in [0.1, 0.15) is 58.8 Å². The maximum atomic E-state index is 12.1. The molecule has 0 aromatic rings. The molecule has 1 saturated heterocycles. The van der Waals surface area contributed by atoms with Crippen LogP contribution in [0.4, 0.5) is 0 Å². The quantitative estimate of drug-likeness (QED) is 0.155. The van der Waals surface area contributed by atoms with Crippen molar-refractivity contribution in [2.24, 2.45) is 10.4 Å². The predicted octanol–water partition coefficient (Wildman–Crippen LogP) is 1.84. The average molecular weight is 559 g/mol. The Labute approximate surface area is 198 Å². The van der Waals surface area contributed by atoms with Crippen LogP contribution in [0.25, 0.3) is 0 Å². The number of nitrogens with zero attached hydrogens (tertiary/aromatic N) is 1. The van der Waals surface area contributed by atoms with E-state index in [0.717, 1.165) is 38.7 Å². The number of rotatable bonds is 11. The van der Waals surface area contributed by atoms with Crippen molar-refractivity contribution in [3.8, 4) is 0 Å². The van der Waals surface area contributed by atoms with Crippen molar-refractivity contribution in [1.82, 2.24) is 16.0 Å². The normalized spacial score (nSPS) is 22.3. The smallest absolute Gasteiger partial charge is 0.222 e. The van der Waals surface area contributed by atoms with Crippen molar-refractivity contribution in [1.29, 1.82) is 0 Å². The largest absolute Gasteiger partial charge is 0.382 e. The zero-order chi connectivity index (χ0) is 21.2. The molecular weight excluding hydrogens is 519 g/mol. The van der Waals surface area contributed by atoms with Gasteiger partial charge in [-0.3, -0.25) is 9.79 Å². The fraction of sp³-hybridized carbons (Fsp3) is 0.900. The van der Waals surface area contributed by atoms with Crippen molar-refractivity contribution < 1.29 is 17.9 Å². The molecule has 1 aliphatic heterocycles. The average Bonchev–Trinajstić information content (AvgIpc) is 3.26. The van der Waals surface area contributed by atoms with Crippen molar-refractivity contribution in [3.05, 3.63) is 0 Å². The molecule has 1 amide bonds. The van der Waals surface area contributed by atoms with Crippen LogP contribution in [-0.4, -0.2) is 70.7 Å². The number of guanidine groups is 1. The molecular formula is C20H39IN4O4S. The number of amides is 1. The second-order valence-electron chi connectivity index (χ2n) is 8.19. The van der Waals surface area contributed by atoms with Crippen LogP contribution in [0.2, 0.25) is 0 Å². The molecule has 8 nitrogen and oxygen atoms in total. The Morgan fingerprint density at radius 3 is 2.53 bits per heavy atom. The fourth-order valence-corrected chi connectivity index (χ4v) is 5.81. The maximum absolute atomic E-state index is 12.1. The van der Waals surface area contributed by atoms with Gasteiger partial charge in [0.05, 0.1) is 11.5 Å².